The van der Waals surface area contributed by atoms with E-state index in [0.29, 0.717) is 12.3 Å². The second-order valence-electron chi connectivity index (χ2n) is 5.89. The maximum absolute atomic E-state index is 11.7. The van der Waals surface area contributed by atoms with Crippen molar-refractivity contribution in [1.29, 1.82) is 0 Å². The van der Waals surface area contributed by atoms with Crippen LogP contribution >= 0.6 is 0 Å². The fraction of sp³-hybridized carbons (Fsp3) is 0.438. The van der Waals surface area contributed by atoms with E-state index in [1.165, 1.54) is 5.56 Å². The zero-order valence-corrected chi connectivity index (χ0v) is 13.5. The molecule has 1 atom stereocenters. The van der Waals surface area contributed by atoms with E-state index in [9.17, 15) is 8.42 Å². The average molecular weight is 319 g/mol. The van der Waals surface area contributed by atoms with Gasteiger partial charge in [-0.2, -0.15) is 5.10 Å². The number of aromatic nitrogens is 2. The van der Waals surface area contributed by atoms with E-state index in [1.807, 2.05) is 31.6 Å². The Balaban J connectivity index is 1.73. The van der Waals surface area contributed by atoms with Crippen molar-refractivity contribution in [3.63, 3.8) is 0 Å². The molecule has 0 aliphatic carbocycles. The monoisotopic (exact) mass is 319 g/mol. The van der Waals surface area contributed by atoms with Gasteiger partial charge >= 0.3 is 0 Å². The highest BCUT2D eigenvalue weighted by Gasteiger charge is 2.24. The number of aryl methyl sites for hydroxylation is 1. The molecule has 1 aromatic heterocycles. The third kappa shape index (κ3) is 3.56. The zero-order valence-electron chi connectivity index (χ0n) is 12.7. The van der Waals surface area contributed by atoms with Gasteiger partial charge in [-0.05, 0) is 24.0 Å². The number of hydrogen-bond donors (Lipinski definition) is 1. The van der Waals surface area contributed by atoms with E-state index in [2.05, 4.69) is 22.5 Å². The highest BCUT2D eigenvalue weighted by atomic mass is 32.2. The Bertz CT molecular complexity index is 752. The molecular formula is C16H21N3O2S. The molecule has 2 heterocycles. The SMILES string of the molecule is Cn1cc(-c2ccccc2CNC2CCCS(=O)(=O)C2)cn1. The quantitative estimate of drug-likeness (QED) is 0.932. The topological polar surface area (TPSA) is 64.0 Å². The summed E-state index contributed by atoms with van der Waals surface area (Å²) in [4.78, 5) is 0. The Morgan fingerprint density at radius 2 is 2.18 bits per heavy atom. The fourth-order valence-electron chi connectivity index (χ4n) is 2.95. The number of sulfone groups is 1. The van der Waals surface area contributed by atoms with Crippen LogP contribution in [0.1, 0.15) is 18.4 Å². The number of rotatable bonds is 4. The van der Waals surface area contributed by atoms with E-state index >= 15 is 0 Å². The van der Waals surface area contributed by atoms with Gasteiger partial charge in [-0.1, -0.05) is 24.3 Å². The lowest BCUT2D eigenvalue weighted by Gasteiger charge is -2.23. The van der Waals surface area contributed by atoms with Crippen molar-refractivity contribution in [3.8, 4) is 11.1 Å². The van der Waals surface area contributed by atoms with E-state index in [-0.39, 0.29) is 11.8 Å². The molecule has 0 amide bonds. The van der Waals surface area contributed by atoms with Crippen LogP contribution in [0.5, 0.6) is 0 Å². The summed E-state index contributed by atoms with van der Waals surface area (Å²) in [5.41, 5.74) is 3.39. The number of benzene rings is 1. The van der Waals surface area contributed by atoms with Crippen molar-refractivity contribution >= 4 is 9.84 Å². The van der Waals surface area contributed by atoms with Gasteiger partial charge in [-0.25, -0.2) is 8.42 Å². The van der Waals surface area contributed by atoms with E-state index in [1.54, 1.807) is 4.68 Å². The minimum atomic E-state index is -2.87. The Morgan fingerprint density at radius 1 is 1.36 bits per heavy atom. The van der Waals surface area contributed by atoms with Gasteiger partial charge < -0.3 is 5.32 Å². The Kier molecular flexibility index (Phi) is 4.31. The van der Waals surface area contributed by atoms with Crippen molar-refractivity contribution in [1.82, 2.24) is 15.1 Å². The summed E-state index contributed by atoms with van der Waals surface area (Å²) in [7, 11) is -0.971. The Hall–Kier alpha value is -1.66. The molecule has 22 heavy (non-hydrogen) atoms. The summed E-state index contributed by atoms with van der Waals surface area (Å²) in [6.07, 6.45) is 5.52. The molecule has 3 rings (SSSR count). The molecule has 1 aliphatic rings. The van der Waals surface area contributed by atoms with E-state index in [4.69, 9.17) is 0 Å². The molecule has 1 saturated heterocycles. The minimum Gasteiger partial charge on any atom is -0.309 e. The van der Waals surface area contributed by atoms with Crippen LogP contribution in [-0.4, -0.2) is 35.7 Å². The highest BCUT2D eigenvalue weighted by Crippen LogP contribution is 2.23. The molecule has 1 aromatic carbocycles. The second kappa shape index (κ2) is 6.22. The van der Waals surface area contributed by atoms with Crippen LogP contribution in [0.3, 0.4) is 0 Å². The van der Waals surface area contributed by atoms with Gasteiger partial charge in [0.2, 0.25) is 0 Å². The van der Waals surface area contributed by atoms with Crippen LogP contribution in [0.25, 0.3) is 11.1 Å². The van der Waals surface area contributed by atoms with Crippen molar-refractivity contribution in [2.45, 2.75) is 25.4 Å². The Labute approximate surface area is 131 Å². The molecule has 0 bridgehead atoms. The number of nitrogens with one attached hydrogen (secondary N) is 1. The minimum absolute atomic E-state index is 0.0562. The lowest BCUT2D eigenvalue weighted by molar-refractivity contribution is 0.480. The summed E-state index contributed by atoms with van der Waals surface area (Å²) in [6.45, 7) is 0.672. The van der Waals surface area contributed by atoms with Crippen LogP contribution in [-0.2, 0) is 23.4 Å². The molecule has 1 aliphatic heterocycles. The Morgan fingerprint density at radius 3 is 2.91 bits per heavy atom. The highest BCUT2D eigenvalue weighted by molar-refractivity contribution is 7.91. The van der Waals surface area contributed by atoms with Crippen LogP contribution in [0, 0.1) is 0 Å². The van der Waals surface area contributed by atoms with E-state index < -0.39 is 9.84 Å². The standard InChI is InChI=1S/C16H21N3O2S/c1-19-11-14(10-18-19)16-7-3-2-5-13(16)9-17-15-6-4-8-22(20,21)12-15/h2-3,5,7,10-11,15,17H,4,6,8-9,12H2,1H3. The van der Waals surface area contributed by atoms with Gasteiger partial charge in [0.15, 0.2) is 9.84 Å². The molecule has 0 spiro atoms. The van der Waals surface area contributed by atoms with Gasteiger partial charge in [0, 0.05) is 31.4 Å². The van der Waals surface area contributed by atoms with E-state index in [0.717, 1.165) is 24.0 Å². The van der Waals surface area contributed by atoms with Crippen LogP contribution in [0.15, 0.2) is 36.7 Å². The largest absolute Gasteiger partial charge is 0.309 e. The van der Waals surface area contributed by atoms with Gasteiger partial charge in [0.25, 0.3) is 0 Å². The predicted molar refractivity (Wildman–Crippen MR) is 87.2 cm³/mol. The lowest BCUT2D eigenvalue weighted by Crippen LogP contribution is -2.39. The first-order valence-electron chi connectivity index (χ1n) is 7.54. The normalized spacial score (nSPS) is 20.9. The molecule has 118 valence electrons. The predicted octanol–water partition coefficient (Wildman–Crippen LogP) is 1.75. The molecule has 5 nitrogen and oxygen atoms in total. The first-order valence-corrected chi connectivity index (χ1v) is 9.36. The van der Waals surface area contributed by atoms with Gasteiger partial charge in [0.1, 0.15) is 0 Å². The molecule has 0 saturated carbocycles. The zero-order chi connectivity index (χ0) is 15.6. The van der Waals surface area contributed by atoms with Crippen LogP contribution in [0.2, 0.25) is 0 Å². The first-order chi connectivity index (χ1) is 10.5. The molecule has 0 radical (unpaired) electrons. The molecule has 1 fully saturated rings. The first kappa shape index (κ1) is 15.2. The summed E-state index contributed by atoms with van der Waals surface area (Å²) < 4.78 is 25.2. The summed E-state index contributed by atoms with van der Waals surface area (Å²) in [6, 6.07) is 8.23. The van der Waals surface area contributed by atoms with Gasteiger partial charge in [-0.15, -0.1) is 0 Å². The summed E-state index contributed by atoms with van der Waals surface area (Å²) in [5, 5.41) is 7.62. The third-order valence-corrected chi connectivity index (χ3v) is 5.90. The van der Waals surface area contributed by atoms with Gasteiger partial charge in [-0.3, -0.25) is 4.68 Å². The maximum atomic E-state index is 11.7. The molecule has 6 heteroatoms. The fourth-order valence-corrected chi connectivity index (χ4v) is 4.63. The summed E-state index contributed by atoms with van der Waals surface area (Å²) >= 11 is 0. The molecule has 1 N–H and O–H groups in total. The summed E-state index contributed by atoms with van der Waals surface area (Å²) in [5.74, 6) is 0.583. The second-order valence-corrected chi connectivity index (χ2v) is 8.12. The van der Waals surface area contributed by atoms with Crippen LogP contribution in [0.4, 0.5) is 0 Å². The van der Waals surface area contributed by atoms with Crippen molar-refractivity contribution in [2.75, 3.05) is 11.5 Å². The number of nitrogens with zero attached hydrogens (tertiary/aromatic N) is 2. The van der Waals surface area contributed by atoms with Crippen molar-refractivity contribution < 1.29 is 8.42 Å². The smallest absolute Gasteiger partial charge is 0.151 e. The molecule has 1 unspecified atom stereocenters. The average Bonchev–Trinajstić information content (AvgIpc) is 2.91. The maximum Gasteiger partial charge on any atom is 0.151 e. The van der Waals surface area contributed by atoms with Crippen molar-refractivity contribution in [2.24, 2.45) is 7.05 Å². The number of hydrogen-bond acceptors (Lipinski definition) is 4. The third-order valence-electron chi connectivity index (χ3n) is 4.08. The van der Waals surface area contributed by atoms with Crippen molar-refractivity contribution in [3.05, 3.63) is 42.2 Å². The molecule has 2 aromatic rings. The van der Waals surface area contributed by atoms with Crippen LogP contribution < -0.4 is 5.32 Å². The van der Waals surface area contributed by atoms with Gasteiger partial charge in [0.05, 0.1) is 17.7 Å². The molecular weight excluding hydrogens is 298 g/mol. The lowest BCUT2D eigenvalue weighted by atomic mass is 10.0.